The second kappa shape index (κ2) is 7.02. The monoisotopic (exact) mass is 350 g/mol. The van der Waals surface area contributed by atoms with E-state index < -0.39 is 10.0 Å². The van der Waals surface area contributed by atoms with Gasteiger partial charge < -0.3 is 4.74 Å². The van der Waals surface area contributed by atoms with Gasteiger partial charge >= 0.3 is 0 Å². The maximum Gasteiger partial charge on any atom is 0.243 e. The predicted octanol–water partition coefficient (Wildman–Crippen LogP) is 0.770. The number of benzene rings is 1. The van der Waals surface area contributed by atoms with Crippen LogP contribution in [0.3, 0.4) is 0 Å². The molecule has 1 aromatic carbocycles. The number of sulfonamides is 1. The van der Waals surface area contributed by atoms with E-state index in [4.69, 9.17) is 4.74 Å². The first-order valence-corrected chi connectivity index (χ1v) is 9.31. The molecule has 7 nitrogen and oxygen atoms in total. The second-order valence-corrected chi connectivity index (χ2v) is 7.71. The molecule has 8 heteroatoms. The van der Waals surface area contributed by atoms with Crippen molar-refractivity contribution in [1.82, 2.24) is 19.4 Å². The van der Waals surface area contributed by atoms with Gasteiger partial charge in [-0.05, 0) is 12.6 Å². The van der Waals surface area contributed by atoms with Gasteiger partial charge in [-0.25, -0.2) is 13.1 Å². The molecule has 1 N–H and O–H groups in total. The lowest BCUT2D eigenvalue weighted by molar-refractivity contribution is -0.0592. The van der Waals surface area contributed by atoms with Gasteiger partial charge in [0.25, 0.3) is 0 Å². The van der Waals surface area contributed by atoms with Crippen molar-refractivity contribution in [3.63, 3.8) is 0 Å². The number of nitrogens with one attached hydrogen (secondary N) is 1. The number of likely N-dealkylation sites (N-methyl/N-ethyl adjacent to an activating group) is 1. The molecule has 2 aromatic rings. The zero-order chi connectivity index (χ0) is 17.2. The molecule has 3 rings (SSSR count). The van der Waals surface area contributed by atoms with Crippen LogP contribution in [0.5, 0.6) is 0 Å². The number of rotatable bonds is 5. The van der Waals surface area contributed by atoms with E-state index in [1.807, 2.05) is 37.4 Å². The zero-order valence-electron chi connectivity index (χ0n) is 13.8. The first-order chi connectivity index (χ1) is 11.5. The van der Waals surface area contributed by atoms with Crippen LogP contribution in [-0.2, 0) is 21.8 Å². The molecular formula is C16H22N4O3S. The molecule has 0 amide bonds. The molecule has 1 saturated heterocycles. The van der Waals surface area contributed by atoms with E-state index in [2.05, 4.69) is 14.7 Å². The quantitative estimate of drug-likeness (QED) is 0.862. The number of nitrogens with zero attached hydrogens (tertiary/aromatic N) is 3. The van der Waals surface area contributed by atoms with Crippen molar-refractivity contribution in [3.05, 3.63) is 48.3 Å². The van der Waals surface area contributed by atoms with Crippen LogP contribution in [0.15, 0.2) is 47.6 Å². The molecule has 0 unspecified atom stereocenters. The number of aryl methyl sites for hydroxylation is 1. The van der Waals surface area contributed by atoms with Gasteiger partial charge in [0.05, 0.1) is 24.9 Å². The zero-order valence-corrected chi connectivity index (χ0v) is 14.6. The number of hydrogen-bond acceptors (Lipinski definition) is 5. The smallest absolute Gasteiger partial charge is 0.243 e. The first-order valence-electron chi connectivity index (χ1n) is 7.82. The fourth-order valence-corrected chi connectivity index (χ4v) is 3.99. The standard InChI is InChI=1S/C16H22N4O3S/c1-19-8-9-23-15(16(19)13-6-4-3-5-7-13)11-18-24(21,22)14-10-17-20(2)12-14/h3-7,10,12,15-16,18H,8-9,11H2,1-2H3/t15-,16-/m0/s1. The van der Waals surface area contributed by atoms with E-state index in [0.717, 1.165) is 12.1 Å². The van der Waals surface area contributed by atoms with Gasteiger partial charge in [0.2, 0.25) is 10.0 Å². The summed E-state index contributed by atoms with van der Waals surface area (Å²) < 4.78 is 34.7. The maximum atomic E-state index is 12.4. The Labute approximate surface area is 142 Å². The van der Waals surface area contributed by atoms with Crippen molar-refractivity contribution in [2.75, 3.05) is 26.7 Å². The van der Waals surface area contributed by atoms with Gasteiger partial charge in [-0.15, -0.1) is 0 Å². The highest BCUT2D eigenvalue weighted by Gasteiger charge is 2.32. The lowest BCUT2D eigenvalue weighted by atomic mass is 9.99. The second-order valence-electron chi connectivity index (χ2n) is 5.95. The van der Waals surface area contributed by atoms with E-state index in [1.54, 1.807) is 7.05 Å². The molecule has 1 aliphatic rings. The van der Waals surface area contributed by atoms with E-state index in [0.29, 0.717) is 6.61 Å². The summed E-state index contributed by atoms with van der Waals surface area (Å²) in [4.78, 5) is 2.35. The van der Waals surface area contributed by atoms with E-state index >= 15 is 0 Å². The molecule has 1 aromatic heterocycles. The van der Waals surface area contributed by atoms with Gasteiger partial charge in [-0.3, -0.25) is 9.58 Å². The van der Waals surface area contributed by atoms with Crippen molar-refractivity contribution >= 4 is 10.0 Å². The summed E-state index contributed by atoms with van der Waals surface area (Å²) in [6.45, 7) is 1.60. The van der Waals surface area contributed by atoms with Crippen LogP contribution in [0.1, 0.15) is 11.6 Å². The van der Waals surface area contributed by atoms with Crippen molar-refractivity contribution in [1.29, 1.82) is 0 Å². The molecule has 2 atom stereocenters. The highest BCUT2D eigenvalue weighted by Crippen LogP contribution is 2.28. The Hall–Kier alpha value is -1.74. The van der Waals surface area contributed by atoms with Gasteiger partial charge in [0, 0.05) is 26.3 Å². The topological polar surface area (TPSA) is 76.5 Å². The van der Waals surface area contributed by atoms with Crippen molar-refractivity contribution in [2.45, 2.75) is 17.0 Å². The molecular weight excluding hydrogens is 328 g/mol. The van der Waals surface area contributed by atoms with Crippen LogP contribution < -0.4 is 4.72 Å². The molecule has 0 spiro atoms. The van der Waals surface area contributed by atoms with Crippen LogP contribution in [0.4, 0.5) is 0 Å². The fourth-order valence-electron chi connectivity index (χ4n) is 2.96. The minimum absolute atomic E-state index is 0.0107. The minimum atomic E-state index is -3.59. The molecule has 2 heterocycles. The lowest BCUT2D eigenvalue weighted by Crippen LogP contribution is -2.48. The van der Waals surface area contributed by atoms with Crippen molar-refractivity contribution in [2.24, 2.45) is 7.05 Å². The summed E-state index contributed by atoms with van der Waals surface area (Å²) in [6.07, 6.45) is 2.56. The Morgan fingerprint density at radius 2 is 2.04 bits per heavy atom. The molecule has 0 aliphatic carbocycles. The normalized spacial score (nSPS) is 22.6. The van der Waals surface area contributed by atoms with Crippen LogP contribution in [0.2, 0.25) is 0 Å². The number of morpholine rings is 1. The van der Waals surface area contributed by atoms with E-state index in [-0.39, 0.29) is 23.6 Å². The average molecular weight is 350 g/mol. The summed E-state index contributed by atoms with van der Waals surface area (Å²) >= 11 is 0. The largest absolute Gasteiger partial charge is 0.374 e. The third kappa shape index (κ3) is 3.67. The van der Waals surface area contributed by atoms with Gasteiger partial charge in [-0.1, -0.05) is 30.3 Å². The van der Waals surface area contributed by atoms with Gasteiger partial charge in [0.15, 0.2) is 0 Å². The van der Waals surface area contributed by atoms with Gasteiger partial charge in [-0.2, -0.15) is 5.10 Å². The molecule has 1 fully saturated rings. The van der Waals surface area contributed by atoms with Crippen LogP contribution in [0, 0.1) is 0 Å². The molecule has 0 radical (unpaired) electrons. The maximum absolute atomic E-state index is 12.4. The summed E-state index contributed by atoms with van der Waals surface area (Å²) in [7, 11) is 0.121. The first kappa shape index (κ1) is 17.1. The van der Waals surface area contributed by atoms with Gasteiger partial charge in [0.1, 0.15) is 4.90 Å². The third-order valence-electron chi connectivity index (χ3n) is 4.21. The highest BCUT2D eigenvalue weighted by molar-refractivity contribution is 7.89. The van der Waals surface area contributed by atoms with Crippen LogP contribution in [-0.4, -0.2) is 55.9 Å². The van der Waals surface area contributed by atoms with E-state index in [9.17, 15) is 8.42 Å². The summed E-state index contributed by atoms with van der Waals surface area (Å²) in [5.74, 6) is 0. The summed E-state index contributed by atoms with van der Waals surface area (Å²) in [6, 6.07) is 10.0. The molecule has 0 saturated carbocycles. The highest BCUT2D eigenvalue weighted by atomic mass is 32.2. The molecule has 0 bridgehead atoms. The number of hydrogen-bond donors (Lipinski definition) is 1. The van der Waals surface area contributed by atoms with Crippen LogP contribution >= 0.6 is 0 Å². The van der Waals surface area contributed by atoms with Crippen LogP contribution in [0.25, 0.3) is 0 Å². The summed E-state index contributed by atoms with van der Waals surface area (Å²) in [5.41, 5.74) is 1.12. The molecule has 24 heavy (non-hydrogen) atoms. The Balaban J connectivity index is 1.75. The fraction of sp³-hybridized carbons (Fsp3) is 0.438. The average Bonchev–Trinajstić information content (AvgIpc) is 3.01. The Morgan fingerprint density at radius 3 is 2.71 bits per heavy atom. The molecule has 1 aliphatic heterocycles. The van der Waals surface area contributed by atoms with Crippen molar-refractivity contribution < 1.29 is 13.2 Å². The number of aromatic nitrogens is 2. The minimum Gasteiger partial charge on any atom is -0.374 e. The van der Waals surface area contributed by atoms with Crippen molar-refractivity contribution in [3.8, 4) is 0 Å². The summed E-state index contributed by atoms with van der Waals surface area (Å²) in [5, 5.41) is 3.91. The third-order valence-corrected chi connectivity index (χ3v) is 5.59. The van der Waals surface area contributed by atoms with E-state index in [1.165, 1.54) is 17.1 Å². The predicted molar refractivity (Wildman–Crippen MR) is 89.9 cm³/mol. The Morgan fingerprint density at radius 1 is 1.29 bits per heavy atom. The SMILES string of the molecule is CN1CCO[C@@H](CNS(=O)(=O)c2cnn(C)c2)[C@@H]1c1ccccc1. The number of ether oxygens (including phenoxy) is 1. The lowest BCUT2D eigenvalue weighted by Gasteiger charge is -2.39. The Kier molecular flexibility index (Phi) is 5.00. The molecule has 130 valence electrons. The Bertz CT molecular complexity index is 776.